The number of anilines is 3. The van der Waals surface area contributed by atoms with Gasteiger partial charge in [-0.05, 0) is 43.3 Å². The van der Waals surface area contributed by atoms with Crippen molar-refractivity contribution in [2.75, 3.05) is 16.8 Å². The number of rotatable bonds is 1. The Labute approximate surface area is 129 Å². The van der Waals surface area contributed by atoms with Crippen LogP contribution in [-0.2, 0) is 4.79 Å². The molecule has 1 aliphatic rings. The number of hydrogen-bond acceptors (Lipinski definition) is 2. The van der Waals surface area contributed by atoms with Crippen LogP contribution in [0.1, 0.15) is 13.3 Å². The molecule has 0 saturated carbocycles. The number of amides is 1. The summed E-state index contributed by atoms with van der Waals surface area (Å²) in [7, 11) is 2.03. The maximum Gasteiger partial charge on any atom is 0.233 e. The van der Waals surface area contributed by atoms with E-state index in [1.54, 1.807) is 4.90 Å². The van der Waals surface area contributed by atoms with Crippen molar-refractivity contribution in [2.45, 2.75) is 19.4 Å². The Bertz CT molecular complexity index is 669. The lowest BCUT2D eigenvalue weighted by atomic mass is 10.2. The summed E-state index contributed by atoms with van der Waals surface area (Å²) in [4.78, 5) is 16.6. The standard InChI is InChI=1S/C17H17ClN2O/c1-12-11-17(21)20(14-9-7-13(18)8-10-14)16-6-4-3-5-15(16)19(12)2/h3-10,12H,11H2,1-2H3. The molecule has 0 radical (unpaired) electrons. The summed E-state index contributed by atoms with van der Waals surface area (Å²) in [6.45, 7) is 2.07. The fraction of sp³-hybridized carbons (Fsp3) is 0.235. The molecule has 0 N–H and O–H groups in total. The fourth-order valence-electron chi connectivity index (χ4n) is 2.68. The van der Waals surface area contributed by atoms with Crippen LogP contribution >= 0.6 is 11.6 Å². The van der Waals surface area contributed by atoms with E-state index in [0.29, 0.717) is 11.4 Å². The maximum atomic E-state index is 12.7. The smallest absolute Gasteiger partial charge is 0.233 e. The minimum Gasteiger partial charge on any atom is -0.370 e. The molecule has 1 unspecified atom stereocenters. The van der Waals surface area contributed by atoms with Gasteiger partial charge >= 0.3 is 0 Å². The largest absolute Gasteiger partial charge is 0.370 e. The Morgan fingerprint density at radius 2 is 1.67 bits per heavy atom. The van der Waals surface area contributed by atoms with Crippen LogP contribution in [0.5, 0.6) is 0 Å². The average Bonchev–Trinajstić information content (AvgIpc) is 2.57. The fourth-order valence-corrected chi connectivity index (χ4v) is 2.80. The number of halogens is 1. The zero-order valence-electron chi connectivity index (χ0n) is 12.1. The third-order valence-electron chi connectivity index (χ3n) is 3.97. The van der Waals surface area contributed by atoms with Crippen molar-refractivity contribution in [1.82, 2.24) is 0 Å². The van der Waals surface area contributed by atoms with E-state index in [-0.39, 0.29) is 11.9 Å². The Morgan fingerprint density at radius 1 is 1.05 bits per heavy atom. The predicted octanol–water partition coefficient (Wildman–Crippen LogP) is 4.23. The molecule has 108 valence electrons. The van der Waals surface area contributed by atoms with Crippen LogP contribution in [-0.4, -0.2) is 19.0 Å². The summed E-state index contributed by atoms with van der Waals surface area (Å²) in [5, 5.41) is 0.666. The first-order chi connectivity index (χ1) is 10.1. The van der Waals surface area contributed by atoms with Crippen molar-refractivity contribution in [3.8, 4) is 0 Å². The van der Waals surface area contributed by atoms with E-state index < -0.39 is 0 Å². The number of carbonyl (C=O) groups excluding carboxylic acids is 1. The number of fused-ring (bicyclic) bond motifs is 1. The third-order valence-corrected chi connectivity index (χ3v) is 4.22. The average molecular weight is 301 g/mol. The van der Waals surface area contributed by atoms with Crippen LogP contribution in [0.25, 0.3) is 0 Å². The maximum absolute atomic E-state index is 12.7. The van der Waals surface area contributed by atoms with Crippen molar-refractivity contribution in [3.05, 3.63) is 53.6 Å². The molecule has 2 aromatic rings. The summed E-state index contributed by atoms with van der Waals surface area (Å²) in [5.74, 6) is 0.0987. The van der Waals surface area contributed by atoms with E-state index in [2.05, 4.69) is 11.8 Å². The Kier molecular flexibility index (Phi) is 3.60. The summed E-state index contributed by atoms with van der Waals surface area (Å²) in [6.07, 6.45) is 0.480. The van der Waals surface area contributed by atoms with Gasteiger partial charge in [0.2, 0.25) is 5.91 Å². The first kappa shape index (κ1) is 14.0. The van der Waals surface area contributed by atoms with Crippen molar-refractivity contribution < 1.29 is 4.79 Å². The molecule has 1 atom stereocenters. The Hall–Kier alpha value is -2.00. The van der Waals surface area contributed by atoms with Crippen molar-refractivity contribution in [2.24, 2.45) is 0 Å². The highest BCUT2D eigenvalue weighted by atomic mass is 35.5. The van der Waals surface area contributed by atoms with Crippen LogP contribution in [0.2, 0.25) is 5.02 Å². The molecule has 0 aliphatic carbocycles. The number of para-hydroxylation sites is 2. The molecule has 0 fully saturated rings. The highest BCUT2D eigenvalue weighted by molar-refractivity contribution is 6.30. The molecule has 0 saturated heterocycles. The Balaban J connectivity index is 2.16. The van der Waals surface area contributed by atoms with Gasteiger partial charge in [-0.1, -0.05) is 23.7 Å². The van der Waals surface area contributed by atoms with Crippen molar-refractivity contribution >= 4 is 34.6 Å². The zero-order valence-corrected chi connectivity index (χ0v) is 12.8. The normalized spacial score (nSPS) is 18.4. The van der Waals surface area contributed by atoms with Gasteiger partial charge in [0.15, 0.2) is 0 Å². The van der Waals surface area contributed by atoms with E-state index in [4.69, 9.17) is 11.6 Å². The second-order valence-corrected chi connectivity index (χ2v) is 5.79. The van der Waals surface area contributed by atoms with E-state index in [0.717, 1.165) is 17.1 Å². The predicted molar refractivity (Wildman–Crippen MR) is 87.5 cm³/mol. The highest BCUT2D eigenvalue weighted by Gasteiger charge is 2.29. The molecular weight excluding hydrogens is 284 g/mol. The second kappa shape index (κ2) is 5.41. The minimum absolute atomic E-state index is 0.0987. The van der Waals surface area contributed by atoms with Crippen LogP contribution in [0.3, 0.4) is 0 Å². The van der Waals surface area contributed by atoms with Crippen LogP contribution < -0.4 is 9.80 Å². The van der Waals surface area contributed by atoms with Gasteiger partial charge in [-0.2, -0.15) is 0 Å². The molecule has 2 aromatic carbocycles. The van der Waals surface area contributed by atoms with Crippen molar-refractivity contribution in [1.29, 1.82) is 0 Å². The number of carbonyl (C=O) groups is 1. The monoisotopic (exact) mass is 300 g/mol. The van der Waals surface area contributed by atoms with Gasteiger partial charge in [0.25, 0.3) is 0 Å². The topological polar surface area (TPSA) is 23.6 Å². The second-order valence-electron chi connectivity index (χ2n) is 5.36. The van der Waals surface area contributed by atoms with Gasteiger partial charge in [-0.25, -0.2) is 0 Å². The lowest BCUT2D eigenvalue weighted by molar-refractivity contribution is -0.118. The molecule has 4 heteroatoms. The van der Waals surface area contributed by atoms with Crippen LogP contribution in [0.4, 0.5) is 17.1 Å². The molecule has 1 aliphatic heterocycles. The first-order valence-corrected chi connectivity index (χ1v) is 7.36. The minimum atomic E-state index is 0.0987. The van der Waals surface area contributed by atoms with Crippen LogP contribution in [0.15, 0.2) is 48.5 Å². The molecule has 21 heavy (non-hydrogen) atoms. The molecule has 1 amide bonds. The SMILES string of the molecule is CC1CC(=O)N(c2ccc(Cl)cc2)c2ccccc2N1C. The van der Waals surface area contributed by atoms with E-state index >= 15 is 0 Å². The van der Waals surface area contributed by atoms with Gasteiger partial charge in [0.1, 0.15) is 0 Å². The van der Waals surface area contributed by atoms with Gasteiger partial charge in [-0.15, -0.1) is 0 Å². The third kappa shape index (κ3) is 2.49. The van der Waals surface area contributed by atoms with Crippen LogP contribution in [0, 0.1) is 0 Å². The van der Waals surface area contributed by atoms with E-state index in [1.807, 2.05) is 55.6 Å². The quantitative estimate of drug-likeness (QED) is 0.787. The van der Waals surface area contributed by atoms with E-state index in [1.165, 1.54) is 0 Å². The molecule has 0 bridgehead atoms. The molecule has 1 heterocycles. The van der Waals surface area contributed by atoms with Crippen molar-refractivity contribution in [3.63, 3.8) is 0 Å². The number of hydrogen-bond donors (Lipinski definition) is 0. The molecular formula is C17H17ClN2O. The molecule has 0 aromatic heterocycles. The van der Waals surface area contributed by atoms with Gasteiger partial charge < -0.3 is 4.90 Å². The zero-order chi connectivity index (χ0) is 15.0. The summed E-state index contributed by atoms with van der Waals surface area (Å²) < 4.78 is 0. The molecule has 0 spiro atoms. The first-order valence-electron chi connectivity index (χ1n) is 6.98. The van der Waals surface area contributed by atoms with Gasteiger partial charge in [0.05, 0.1) is 11.4 Å². The van der Waals surface area contributed by atoms with Gasteiger partial charge in [0, 0.05) is 30.2 Å². The number of nitrogens with zero attached hydrogens (tertiary/aromatic N) is 2. The summed E-state index contributed by atoms with van der Waals surface area (Å²) in [6, 6.07) is 15.5. The summed E-state index contributed by atoms with van der Waals surface area (Å²) in [5.41, 5.74) is 2.82. The Morgan fingerprint density at radius 3 is 2.33 bits per heavy atom. The lowest BCUT2D eigenvalue weighted by Gasteiger charge is -2.26. The lowest BCUT2D eigenvalue weighted by Crippen LogP contribution is -2.31. The van der Waals surface area contributed by atoms with E-state index in [9.17, 15) is 4.79 Å². The van der Waals surface area contributed by atoms with Gasteiger partial charge in [-0.3, -0.25) is 9.69 Å². The highest BCUT2D eigenvalue weighted by Crippen LogP contribution is 2.38. The summed E-state index contributed by atoms with van der Waals surface area (Å²) >= 11 is 5.95. The molecule has 3 nitrogen and oxygen atoms in total. The molecule has 3 rings (SSSR count). The number of benzene rings is 2.